The van der Waals surface area contributed by atoms with Crippen LogP contribution in [0.1, 0.15) is 32.1 Å². The first kappa shape index (κ1) is 20.6. The van der Waals surface area contributed by atoms with Crippen LogP contribution < -0.4 is 9.62 Å². The number of piperidine rings is 1. The largest absolute Gasteiger partial charge is 0.367 e. The fourth-order valence-corrected chi connectivity index (χ4v) is 7.60. The Kier molecular flexibility index (Phi) is 5.15. The molecule has 1 aromatic carbocycles. The van der Waals surface area contributed by atoms with Crippen LogP contribution in [0.3, 0.4) is 0 Å². The van der Waals surface area contributed by atoms with Crippen molar-refractivity contribution in [1.29, 1.82) is 0 Å². The van der Waals surface area contributed by atoms with Gasteiger partial charge in [-0.15, -0.1) is 11.3 Å². The van der Waals surface area contributed by atoms with Gasteiger partial charge in [0, 0.05) is 19.3 Å². The second-order valence-electron chi connectivity index (χ2n) is 7.93. The first-order valence-corrected chi connectivity index (χ1v) is 13.7. The van der Waals surface area contributed by atoms with Gasteiger partial charge >= 0.3 is 0 Å². The molecule has 1 saturated heterocycles. The minimum Gasteiger partial charge on any atom is -0.367 e. The van der Waals surface area contributed by atoms with Crippen molar-refractivity contribution in [3.05, 3.63) is 36.1 Å². The smallest absolute Gasteiger partial charge is 0.271 e. The molecule has 1 aliphatic carbocycles. The lowest BCUT2D eigenvalue weighted by molar-refractivity contribution is 0.0953. The maximum Gasteiger partial charge on any atom is 0.271 e. The van der Waals surface area contributed by atoms with E-state index in [0.29, 0.717) is 29.8 Å². The Morgan fingerprint density at radius 1 is 1.00 bits per heavy atom. The lowest BCUT2D eigenvalue weighted by Crippen LogP contribution is -2.44. The van der Waals surface area contributed by atoms with Crippen molar-refractivity contribution in [2.45, 2.75) is 40.5 Å². The van der Waals surface area contributed by atoms with Gasteiger partial charge in [-0.3, -0.25) is 4.72 Å². The van der Waals surface area contributed by atoms with Crippen molar-refractivity contribution in [2.24, 2.45) is 5.41 Å². The number of para-hydroxylation sites is 1. The molecule has 0 atom stereocenters. The molecule has 2 aliphatic rings. The van der Waals surface area contributed by atoms with Crippen molar-refractivity contribution in [2.75, 3.05) is 29.0 Å². The second-order valence-corrected chi connectivity index (χ2v) is 13.2. The summed E-state index contributed by atoms with van der Waals surface area (Å²) in [7, 11) is -7.53. The third-order valence-electron chi connectivity index (χ3n) is 5.97. The molecule has 4 rings (SSSR count). The number of nitrogens with one attached hydrogen (secondary N) is 1. The van der Waals surface area contributed by atoms with Gasteiger partial charge in [0.15, 0.2) is 9.84 Å². The molecule has 0 bridgehead atoms. The Morgan fingerprint density at radius 3 is 2.21 bits per heavy atom. The van der Waals surface area contributed by atoms with Crippen molar-refractivity contribution < 1.29 is 21.2 Å². The molecule has 6 nitrogen and oxygen atoms in total. The molecule has 158 valence electrons. The minimum absolute atomic E-state index is 0.0285. The standard InChI is InChI=1S/C19H23FN2O4S3/c1-28(23,24)16-6-7-17(27-16)29(25,26)21-15-5-2-4-14(20)18(15)22-12-10-19(11-13-22)8-3-9-19/h2,4-7,21H,3,8-13H2,1H3. The van der Waals surface area contributed by atoms with E-state index in [9.17, 15) is 21.2 Å². The average Bonchev–Trinajstić information content (AvgIpc) is 3.12. The molecule has 2 fully saturated rings. The van der Waals surface area contributed by atoms with Crippen LogP contribution in [0.15, 0.2) is 38.8 Å². The number of hydrogen-bond acceptors (Lipinski definition) is 6. The zero-order valence-electron chi connectivity index (χ0n) is 16.0. The number of hydrogen-bond donors (Lipinski definition) is 1. The van der Waals surface area contributed by atoms with Crippen LogP contribution in [0.25, 0.3) is 0 Å². The van der Waals surface area contributed by atoms with Gasteiger partial charge in [0.25, 0.3) is 10.0 Å². The molecule has 0 amide bonds. The van der Waals surface area contributed by atoms with Gasteiger partial charge in [-0.05, 0) is 55.4 Å². The zero-order chi connectivity index (χ0) is 20.9. The highest BCUT2D eigenvalue weighted by Crippen LogP contribution is 2.50. The van der Waals surface area contributed by atoms with Crippen molar-refractivity contribution in [3.8, 4) is 0 Å². The van der Waals surface area contributed by atoms with Crippen LogP contribution in [0.5, 0.6) is 0 Å². The molecule has 0 radical (unpaired) electrons. The van der Waals surface area contributed by atoms with Gasteiger partial charge in [-0.25, -0.2) is 21.2 Å². The quantitative estimate of drug-likeness (QED) is 0.736. The molecular formula is C19H23FN2O4S3. The van der Waals surface area contributed by atoms with Gasteiger partial charge in [0.2, 0.25) is 0 Å². The Bertz CT molecular complexity index is 1130. The predicted octanol–water partition coefficient (Wildman–Crippen LogP) is 3.86. The van der Waals surface area contributed by atoms with E-state index in [1.54, 1.807) is 0 Å². The van der Waals surface area contributed by atoms with Crippen LogP contribution in [-0.4, -0.2) is 36.2 Å². The maximum absolute atomic E-state index is 14.7. The molecular weight excluding hydrogens is 435 g/mol. The number of halogens is 1. The number of anilines is 2. The van der Waals surface area contributed by atoms with Crippen molar-refractivity contribution >= 4 is 42.6 Å². The monoisotopic (exact) mass is 458 g/mol. The molecule has 29 heavy (non-hydrogen) atoms. The first-order chi connectivity index (χ1) is 13.6. The summed E-state index contributed by atoms with van der Waals surface area (Å²) in [5.41, 5.74) is 0.814. The molecule has 2 aromatic rings. The Balaban J connectivity index is 1.61. The van der Waals surface area contributed by atoms with E-state index < -0.39 is 25.7 Å². The van der Waals surface area contributed by atoms with E-state index in [1.807, 2.05) is 4.90 Å². The highest BCUT2D eigenvalue weighted by atomic mass is 32.3. The summed E-state index contributed by atoms with van der Waals surface area (Å²) in [6.07, 6.45) is 6.68. The van der Waals surface area contributed by atoms with Crippen LogP contribution in [0, 0.1) is 11.2 Å². The number of rotatable bonds is 5. The normalized spacial score (nSPS) is 19.2. The van der Waals surface area contributed by atoms with E-state index in [-0.39, 0.29) is 19.8 Å². The highest BCUT2D eigenvalue weighted by Gasteiger charge is 2.40. The number of thiophene rings is 1. The summed E-state index contributed by atoms with van der Waals surface area (Å²) < 4.78 is 66.0. The van der Waals surface area contributed by atoms with Gasteiger partial charge in [-0.2, -0.15) is 0 Å². The Morgan fingerprint density at radius 2 is 1.66 bits per heavy atom. The lowest BCUT2D eigenvalue weighted by atomic mass is 9.63. The molecule has 10 heteroatoms. The number of sulfonamides is 1. The number of sulfone groups is 1. The van der Waals surface area contributed by atoms with Crippen LogP contribution >= 0.6 is 11.3 Å². The molecule has 2 heterocycles. The predicted molar refractivity (Wildman–Crippen MR) is 112 cm³/mol. The van der Waals surface area contributed by atoms with Crippen molar-refractivity contribution in [3.63, 3.8) is 0 Å². The van der Waals surface area contributed by atoms with Gasteiger partial charge < -0.3 is 4.90 Å². The number of nitrogens with zero attached hydrogens (tertiary/aromatic N) is 1. The van der Waals surface area contributed by atoms with E-state index in [4.69, 9.17) is 0 Å². The lowest BCUT2D eigenvalue weighted by Gasteiger charge is -2.48. The second kappa shape index (κ2) is 7.24. The summed E-state index contributed by atoms with van der Waals surface area (Å²) >= 11 is 0.676. The Labute approximate surface area is 174 Å². The minimum atomic E-state index is -4.04. The summed E-state index contributed by atoms with van der Waals surface area (Å²) in [5.74, 6) is -0.474. The van der Waals surface area contributed by atoms with Crippen molar-refractivity contribution in [1.82, 2.24) is 0 Å². The van der Waals surface area contributed by atoms with E-state index >= 15 is 0 Å². The fourth-order valence-electron chi connectivity index (χ4n) is 4.14. The third kappa shape index (κ3) is 4.02. The zero-order valence-corrected chi connectivity index (χ0v) is 18.5. The Hall–Kier alpha value is -1.65. The first-order valence-electron chi connectivity index (χ1n) is 9.46. The molecule has 1 N–H and O–H groups in total. The fraction of sp³-hybridized carbons (Fsp3) is 0.474. The van der Waals surface area contributed by atoms with E-state index in [0.717, 1.165) is 19.1 Å². The molecule has 1 aliphatic heterocycles. The summed E-state index contributed by atoms with van der Waals surface area (Å²) in [6.45, 7) is 1.37. The molecule has 1 saturated carbocycles. The van der Waals surface area contributed by atoms with E-state index in [1.165, 1.54) is 49.6 Å². The topological polar surface area (TPSA) is 83.5 Å². The summed E-state index contributed by atoms with van der Waals surface area (Å²) in [6, 6.07) is 6.85. The van der Waals surface area contributed by atoms with Crippen LogP contribution in [-0.2, 0) is 19.9 Å². The van der Waals surface area contributed by atoms with Gasteiger partial charge in [-0.1, -0.05) is 12.5 Å². The van der Waals surface area contributed by atoms with E-state index in [2.05, 4.69) is 4.72 Å². The molecule has 1 aromatic heterocycles. The van der Waals surface area contributed by atoms with Crippen LogP contribution in [0.4, 0.5) is 15.8 Å². The third-order valence-corrected chi connectivity index (χ3v) is 10.7. The van der Waals surface area contributed by atoms with Gasteiger partial charge in [0.05, 0.1) is 11.4 Å². The molecule has 1 spiro atoms. The summed E-state index contributed by atoms with van der Waals surface area (Å²) in [4.78, 5) is 1.91. The summed E-state index contributed by atoms with van der Waals surface area (Å²) in [5, 5.41) is 0. The highest BCUT2D eigenvalue weighted by molar-refractivity contribution is 7.96. The van der Waals surface area contributed by atoms with Crippen LogP contribution in [0.2, 0.25) is 0 Å². The maximum atomic E-state index is 14.7. The molecule has 0 unspecified atom stereocenters. The number of benzene rings is 1. The SMILES string of the molecule is CS(=O)(=O)c1ccc(S(=O)(=O)Nc2cccc(F)c2N2CCC3(CCC3)CC2)s1. The average molecular weight is 459 g/mol. The van der Waals surface area contributed by atoms with Gasteiger partial charge in [0.1, 0.15) is 14.2 Å².